The maximum absolute atomic E-state index is 11.9. The monoisotopic (exact) mass is 348 g/mol. The lowest BCUT2D eigenvalue weighted by molar-refractivity contribution is -0.120. The van der Waals surface area contributed by atoms with Crippen molar-refractivity contribution in [1.29, 1.82) is 0 Å². The molecule has 0 unspecified atom stereocenters. The molecule has 1 aromatic carbocycles. The number of sulfonamides is 1. The normalized spacial score (nSPS) is 11.5. The highest BCUT2D eigenvalue weighted by molar-refractivity contribution is 7.88. The first-order chi connectivity index (χ1) is 10.2. The second-order valence-corrected chi connectivity index (χ2v) is 7.46. The minimum atomic E-state index is -3.61. The number of carbonyl (C=O) groups is 1. The molecule has 0 aliphatic heterocycles. The van der Waals surface area contributed by atoms with Crippen LogP contribution in [0.5, 0.6) is 5.75 Å². The molecule has 1 aromatic rings. The van der Waals surface area contributed by atoms with Gasteiger partial charge < -0.3 is 10.1 Å². The van der Waals surface area contributed by atoms with Crippen LogP contribution in [0, 0.1) is 5.92 Å². The fraction of sp³-hybridized carbons (Fsp3) is 0.500. The molecule has 0 atom stereocenters. The zero-order valence-corrected chi connectivity index (χ0v) is 14.4. The highest BCUT2D eigenvalue weighted by Gasteiger charge is 2.14. The van der Waals surface area contributed by atoms with Gasteiger partial charge in [-0.25, -0.2) is 13.1 Å². The smallest absolute Gasteiger partial charge is 0.235 e. The second kappa shape index (κ2) is 8.36. The third kappa shape index (κ3) is 6.64. The first kappa shape index (κ1) is 18.7. The highest BCUT2D eigenvalue weighted by atomic mass is 35.5. The molecule has 0 radical (unpaired) electrons. The van der Waals surface area contributed by atoms with Crippen molar-refractivity contribution in [3.63, 3.8) is 0 Å². The van der Waals surface area contributed by atoms with E-state index in [9.17, 15) is 13.2 Å². The summed E-state index contributed by atoms with van der Waals surface area (Å²) in [5.41, 5.74) is 0.515. The Kier molecular flexibility index (Phi) is 7.12. The predicted molar refractivity (Wildman–Crippen MR) is 86.5 cm³/mol. The van der Waals surface area contributed by atoms with E-state index in [1.54, 1.807) is 12.1 Å². The van der Waals surface area contributed by atoms with Gasteiger partial charge in [-0.15, -0.1) is 0 Å². The van der Waals surface area contributed by atoms with E-state index >= 15 is 0 Å². The number of carbonyl (C=O) groups excluding carboxylic acids is 1. The lowest BCUT2D eigenvalue weighted by Crippen LogP contribution is -2.38. The summed E-state index contributed by atoms with van der Waals surface area (Å²) in [6, 6.07) is 4.74. The lowest BCUT2D eigenvalue weighted by atomic mass is 10.2. The molecule has 0 aliphatic rings. The first-order valence-electron chi connectivity index (χ1n) is 6.80. The van der Waals surface area contributed by atoms with Crippen LogP contribution in [0.1, 0.15) is 19.4 Å². The Bertz CT molecular complexity index is 617. The van der Waals surface area contributed by atoms with Gasteiger partial charge in [-0.2, -0.15) is 0 Å². The SMILES string of the molecule is COc1ccc(CS(=O)(=O)NCC(=O)NCC(C)C)cc1Cl. The summed E-state index contributed by atoms with van der Waals surface area (Å²) in [7, 11) is -2.13. The number of hydrogen-bond acceptors (Lipinski definition) is 4. The van der Waals surface area contributed by atoms with E-state index in [0.29, 0.717) is 28.8 Å². The molecule has 22 heavy (non-hydrogen) atoms. The molecular weight excluding hydrogens is 328 g/mol. The van der Waals surface area contributed by atoms with E-state index in [2.05, 4.69) is 10.0 Å². The van der Waals surface area contributed by atoms with E-state index in [4.69, 9.17) is 16.3 Å². The summed E-state index contributed by atoms with van der Waals surface area (Å²) in [6.45, 7) is 4.14. The van der Waals surface area contributed by atoms with E-state index in [1.165, 1.54) is 13.2 Å². The van der Waals surface area contributed by atoms with Crippen molar-refractivity contribution in [3.05, 3.63) is 28.8 Å². The summed E-state index contributed by atoms with van der Waals surface area (Å²) >= 11 is 5.95. The van der Waals surface area contributed by atoms with Crippen LogP contribution in [0.3, 0.4) is 0 Å². The molecule has 0 bridgehead atoms. The molecule has 0 spiro atoms. The Morgan fingerprint density at radius 1 is 1.36 bits per heavy atom. The van der Waals surface area contributed by atoms with Gasteiger partial charge in [-0.1, -0.05) is 31.5 Å². The summed E-state index contributed by atoms with van der Waals surface area (Å²) < 4.78 is 31.2. The number of ether oxygens (including phenoxy) is 1. The molecule has 0 aliphatic carbocycles. The van der Waals surface area contributed by atoms with Gasteiger partial charge in [-0.05, 0) is 23.6 Å². The van der Waals surface area contributed by atoms with Gasteiger partial charge in [0, 0.05) is 6.54 Å². The van der Waals surface area contributed by atoms with Gasteiger partial charge in [0.25, 0.3) is 0 Å². The third-order valence-corrected chi connectivity index (χ3v) is 4.33. The number of benzene rings is 1. The van der Waals surface area contributed by atoms with Gasteiger partial charge in [0.15, 0.2) is 0 Å². The molecule has 6 nitrogen and oxygen atoms in total. The molecule has 2 N–H and O–H groups in total. The maximum Gasteiger partial charge on any atom is 0.235 e. The summed E-state index contributed by atoms with van der Waals surface area (Å²) in [4.78, 5) is 11.5. The number of rotatable bonds is 8. The largest absolute Gasteiger partial charge is 0.495 e. The molecule has 8 heteroatoms. The van der Waals surface area contributed by atoms with Crippen LogP contribution in [0.25, 0.3) is 0 Å². The average Bonchev–Trinajstić information content (AvgIpc) is 2.43. The van der Waals surface area contributed by atoms with Crippen molar-refractivity contribution in [2.24, 2.45) is 5.92 Å². The van der Waals surface area contributed by atoms with Gasteiger partial charge in [0.05, 0.1) is 24.4 Å². The van der Waals surface area contributed by atoms with E-state index < -0.39 is 10.0 Å². The highest BCUT2D eigenvalue weighted by Crippen LogP contribution is 2.25. The van der Waals surface area contributed by atoms with Crippen LogP contribution in [0.4, 0.5) is 0 Å². The van der Waals surface area contributed by atoms with Crippen LogP contribution < -0.4 is 14.8 Å². The summed E-state index contributed by atoms with van der Waals surface area (Å²) in [6.07, 6.45) is 0. The molecule has 0 saturated heterocycles. The molecule has 1 amide bonds. The van der Waals surface area contributed by atoms with Crippen LogP contribution >= 0.6 is 11.6 Å². The van der Waals surface area contributed by atoms with Gasteiger partial charge >= 0.3 is 0 Å². The minimum absolute atomic E-state index is 0.256. The summed E-state index contributed by atoms with van der Waals surface area (Å²) in [5.74, 6) is 0.171. The first-order valence-corrected chi connectivity index (χ1v) is 8.83. The number of halogens is 1. The van der Waals surface area contributed by atoms with Gasteiger partial charge in [-0.3, -0.25) is 4.79 Å². The van der Waals surface area contributed by atoms with Crippen molar-refractivity contribution in [3.8, 4) is 5.75 Å². The number of nitrogens with one attached hydrogen (secondary N) is 2. The van der Waals surface area contributed by atoms with E-state index in [1.807, 2.05) is 13.8 Å². The van der Waals surface area contributed by atoms with Crippen molar-refractivity contribution < 1.29 is 17.9 Å². The second-order valence-electron chi connectivity index (χ2n) is 5.25. The van der Waals surface area contributed by atoms with Gasteiger partial charge in [0.1, 0.15) is 5.75 Å². The molecule has 1 rings (SSSR count). The lowest BCUT2D eigenvalue weighted by Gasteiger charge is -2.10. The Labute approximate surface area is 136 Å². The van der Waals surface area contributed by atoms with Crippen LogP contribution in [0.15, 0.2) is 18.2 Å². The zero-order valence-electron chi connectivity index (χ0n) is 12.8. The molecule has 0 fully saturated rings. The quantitative estimate of drug-likeness (QED) is 0.746. The predicted octanol–water partition coefficient (Wildman–Crippen LogP) is 1.54. The van der Waals surface area contributed by atoms with Gasteiger partial charge in [0.2, 0.25) is 15.9 Å². The minimum Gasteiger partial charge on any atom is -0.495 e. The topological polar surface area (TPSA) is 84.5 Å². The third-order valence-electron chi connectivity index (χ3n) is 2.73. The van der Waals surface area contributed by atoms with Crippen molar-refractivity contribution in [2.75, 3.05) is 20.2 Å². The van der Waals surface area contributed by atoms with Crippen molar-refractivity contribution >= 4 is 27.5 Å². The maximum atomic E-state index is 11.9. The number of amides is 1. The Balaban J connectivity index is 2.57. The van der Waals surface area contributed by atoms with Crippen LogP contribution in [-0.2, 0) is 20.6 Å². The standard InChI is InChI=1S/C14H21ClN2O4S/c1-10(2)7-16-14(18)8-17-22(19,20)9-11-4-5-13(21-3)12(15)6-11/h4-6,10,17H,7-9H2,1-3H3,(H,16,18). The van der Waals surface area contributed by atoms with Crippen LogP contribution in [0.2, 0.25) is 5.02 Å². The number of hydrogen-bond donors (Lipinski definition) is 2. The molecule has 0 saturated carbocycles. The molecule has 0 aromatic heterocycles. The van der Waals surface area contributed by atoms with Crippen molar-refractivity contribution in [2.45, 2.75) is 19.6 Å². The molecule has 0 heterocycles. The fourth-order valence-corrected chi connectivity index (χ4v) is 2.98. The Morgan fingerprint density at radius 3 is 2.59 bits per heavy atom. The van der Waals surface area contributed by atoms with E-state index in [-0.39, 0.29) is 18.2 Å². The Hall–Kier alpha value is -1.31. The summed E-state index contributed by atoms with van der Waals surface area (Å²) in [5, 5.41) is 2.98. The van der Waals surface area contributed by atoms with Crippen molar-refractivity contribution in [1.82, 2.24) is 10.0 Å². The number of methoxy groups -OCH3 is 1. The fourth-order valence-electron chi connectivity index (χ4n) is 1.63. The Morgan fingerprint density at radius 2 is 2.05 bits per heavy atom. The molecular formula is C14H21ClN2O4S. The average molecular weight is 349 g/mol. The van der Waals surface area contributed by atoms with Crippen LogP contribution in [-0.4, -0.2) is 34.5 Å². The molecule has 124 valence electrons. The zero-order chi connectivity index (χ0) is 16.8. The van der Waals surface area contributed by atoms with E-state index in [0.717, 1.165) is 0 Å².